The summed E-state index contributed by atoms with van der Waals surface area (Å²) >= 11 is 0. The van der Waals surface area contributed by atoms with Crippen LogP contribution in [0.2, 0.25) is 0 Å². The van der Waals surface area contributed by atoms with Crippen molar-refractivity contribution in [1.29, 1.82) is 0 Å². The Morgan fingerprint density at radius 3 is 2.84 bits per heavy atom. The maximum absolute atomic E-state index is 4.58. The van der Waals surface area contributed by atoms with Gasteiger partial charge in [-0.25, -0.2) is 4.98 Å². The Hall–Kier alpha value is -1.36. The summed E-state index contributed by atoms with van der Waals surface area (Å²) in [7, 11) is 0. The molecule has 1 aromatic heterocycles. The average molecular weight is 263 g/mol. The molecule has 5 nitrogen and oxygen atoms in total. The van der Waals surface area contributed by atoms with E-state index in [1.54, 1.807) is 0 Å². The summed E-state index contributed by atoms with van der Waals surface area (Å²) < 4.78 is 0. The number of likely N-dealkylation sites (N-methyl/N-ethyl adjacent to an activating group) is 1. The van der Waals surface area contributed by atoms with Crippen molar-refractivity contribution in [3.8, 4) is 0 Å². The number of aromatic nitrogens is 2. The Kier molecular flexibility index (Phi) is 4.96. The quantitative estimate of drug-likeness (QED) is 0.848. The molecular formula is C14H25N5. The van der Waals surface area contributed by atoms with Gasteiger partial charge in [0.2, 0.25) is 5.95 Å². The van der Waals surface area contributed by atoms with Crippen LogP contribution in [0.1, 0.15) is 27.2 Å². The van der Waals surface area contributed by atoms with E-state index in [2.05, 4.69) is 45.9 Å². The van der Waals surface area contributed by atoms with Gasteiger partial charge in [-0.2, -0.15) is 4.98 Å². The maximum atomic E-state index is 4.58. The van der Waals surface area contributed by atoms with Gasteiger partial charge in [0.05, 0.1) is 0 Å². The zero-order valence-corrected chi connectivity index (χ0v) is 12.3. The number of nitrogens with zero attached hydrogens (tertiary/aromatic N) is 4. The molecule has 1 aliphatic heterocycles. The molecule has 106 valence electrons. The minimum absolute atomic E-state index is 0.640. The molecular weight excluding hydrogens is 238 g/mol. The SMILES string of the molecule is CCNc1ccnc(N2CC[C@H](N(CC)CC)C2)n1. The molecule has 5 heteroatoms. The van der Waals surface area contributed by atoms with Gasteiger partial charge < -0.3 is 10.2 Å². The first-order chi connectivity index (χ1) is 9.28. The van der Waals surface area contributed by atoms with Crippen LogP contribution in [0.3, 0.4) is 0 Å². The molecule has 0 unspecified atom stereocenters. The molecule has 1 fully saturated rings. The van der Waals surface area contributed by atoms with Gasteiger partial charge in [0, 0.05) is 31.9 Å². The molecule has 19 heavy (non-hydrogen) atoms. The van der Waals surface area contributed by atoms with Crippen molar-refractivity contribution < 1.29 is 0 Å². The maximum Gasteiger partial charge on any atom is 0.227 e. The van der Waals surface area contributed by atoms with Crippen molar-refractivity contribution in [2.75, 3.05) is 42.9 Å². The lowest BCUT2D eigenvalue weighted by molar-refractivity contribution is 0.232. The number of hydrogen-bond acceptors (Lipinski definition) is 5. The highest BCUT2D eigenvalue weighted by molar-refractivity contribution is 5.42. The van der Waals surface area contributed by atoms with Crippen LogP contribution in [0.5, 0.6) is 0 Å². The van der Waals surface area contributed by atoms with Gasteiger partial charge in [-0.05, 0) is 32.5 Å². The van der Waals surface area contributed by atoms with E-state index in [1.165, 1.54) is 6.42 Å². The van der Waals surface area contributed by atoms with E-state index in [0.717, 1.165) is 44.5 Å². The predicted molar refractivity (Wildman–Crippen MR) is 79.7 cm³/mol. The first-order valence-corrected chi connectivity index (χ1v) is 7.34. The lowest BCUT2D eigenvalue weighted by atomic mass is 10.2. The number of hydrogen-bond donors (Lipinski definition) is 1. The van der Waals surface area contributed by atoms with E-state index in [9.17, 15) is 0 Å². The zero-order valence-electron chi connectivity index (χ0n) is 12.3. The van der Waals surface area contributed by atoms with E-state index in [4.69, 9.17) is 0 Å². The van der Waals surface area contributed by atoms with Gasteiger partial charge in [0.15, 0.2) is 0 Å². The molecule has 1 saturated heterocycles. The Morgan fingerprint density at radius 2 is 2.16 bits per heavy atom. The monoisotopic (exact) mass is 263 g/mol. The van der Waals surface area contributed by atoms with E-state index in [1.807, 2.05) is 12.3 Å². The van der Waals surface area contributed by atoms with E-state index < -0.39 is 0 Å². The zero-order chi connectivity index (χ0) is 13.7. The van der Waals surface area contributed by atoms with Crippen molar-refractivity contribution in [1.82, 2.24) is 14.9 Å². The third-order valence-electron chi connectivity index (χ3n) is 3.78. The van der Waals surface area contributed by atoms with E-state index in [-0.39, 0.29) is 0 Å². The van der Waals surface area contributed by atoms with Crippen molar-refractivity contribution in [3.63, 3.8) is 0 Å². The van der Waals surface area contributed by atoms with Gasteiger partial charge in [-0.1, -0.05) is 13.8 Å². The fourth-order valence-corrected chi connectivity index (χ4v) is 2.74. The van der Waals surface area contributed by atoms with Gasteiger partial charge in [0.1, 0.15) is 5.82 Å². The highest BCUT2D eigenvalue weighted by Gasteiger charge is 2.27. The summed E-state index contributed by atoms with van der Waals surface area (Å²) in [6, 6.07) is 2.56. The average Bonchev–Trinajstić information content (AvgIpc) is 2.91. The molecule has 0 saturated carbocycles. The Bertz CT molecular complexity index is 391. The summed E-state index contributed by atoms with van der Waals surface area (Å²) in [4.78, 5) is 13.8. The lowest BCUT2D eigenvalue weighted by Gasteiger charge is -2.26. The molecule has 0 spiro atoms. The Balaban J connectivity index is 2.02. The predicted octanol–water partition coefficient (Wildman–Crippen LogP) is 1.83. The minimum atomic E-state index is 0.640. The van der Waals surface area contributed by atoms with Crippen molar-refractivity contribution >= 4 is 11.8 Å². The summed E-state index contributed by atoms with van der Waals surface area (Å²) in [5.74, 6) is 1.77. The van der Waals surface area contributed by atoms with Gasteiger partial charge in [-0.3, -0.25) is 4.90 Å². The smallest absolute Gasteiger partial charge is 0.227 e. The van der Waals surface area contributed by atoms with Crippen LogP contribution >= 0.6 is 0 Å². The molecule has 1 aliphatic rings. The molecule has 1 aromatic rings. The first-order valence-electron chi connectivity index (χ1n) is 7.34. The van der Waals surface area contributed by atoms with Crippen LogP contribution in [0.4, 0.5) is 11.8 Å². The highest BCUT2D eigenvalue weighted by atomic mass is 15.3. The second-order valence-electron chi connectivity index (χ2n) is 4.88. The van der Waals surface area contributed by atoms with Gasteiger partial charge in [0.25, 0.3) is 0 Å². The Labute approximate surface area is 116 Å². The number of anilines is 2. The van der Waals surface area contributed by atoms with Crippen LogP contribution in [-0.4, -0.2) is 53.6 Å². The number of rotatable bonds is 6. The summed E-state index contributed by atoms with van der Waals surface area (Å²) in [6.45, 7) is 11.8. The molecule has 2 rings (SSSR count). The molecule has 0 aromatic carbocycles. The van der Waals surface area contributed by atoms with Crippen molar-refractivity contribution in [2.24, 2.45) is 0 Å². The van der Waals surface area contributed by atoms with E-state index in [0.29, 0.717) is 6.04 Å². The van der Waals surface area contributed by atoms with Gasteiger partial charge >= 0.3 is 0 Å². The molecule has 0 radical (unpaired) electrons. The van der Waals surface area contributed by atoms with Crippen LogP contribution in [-0.2, 0) is 0 Å². The number of nitrogens with one attached hydrogen (secondary N) is 1. The molecule has 0 bridgehead atoms. The first kappa shape index (κ1) is 14.1. The van der Waals surface area contributed by atoms with Crippen LogP contribution in [0, 0.1) is 0 Å². The van der Waals surface area contributed by atoms with Crippen LogP contribution in [0.25, 0.3) is 0 Å². The molecule has 1 atom stereocenters. The van der Waals surface area contributed by atoms with Gasteiger partial charge in [-0.15, -0.1) is 0 Å². The van der Waals surface area contributed by atoms with Crippen molar-refractivity contribution in [2.45, 2.75) is 33.2 Å². The lowest BCUT2D eigenvalue weighted by Crippen LogP contribution is -2.37. The standard InChI is InChI=1S/C14H25N5/c1-4-15-13-7-9-16-14(17-13)19-10-8-12(11-19)18(5-2)6-3/h7,9,12H,4-6,8,10-11H2,1-3H3,(H,15,16,17)/t12-/m0/s1. The van der Waals surface area contributed by atoms with Crippen LogP contribution in [0.15, 0.2) is 12.3 Å². The van der Waals surface area contributed by atoms with Crippen molar-refractivity contribution in [3.05, 3.63) is 12.3 Å². The summed E-state index contributed by atoms with van der Waals surface area (Å²) in [6.07, 6.45) is 3.04. The Morgan fingerprint density at radius 1 is 1.37 bits per heavy atom. The summed E-state index contributed by atoms with van der Waals surface area (Å²) in [5.41, 5.74) is 0. The largest absolute Gasteiger partial charge is 0.370 e. The molecule has 1 N–H and O–H groups in total. The van der Waals surface area contributed by atoms with E-state index >= 15 is 0 Å². The molecule has 0 aliphatic carbocycles. The fourth-order valence-electron chi connectivity index (χ4n) is 2.74. The molecule has 0 amide bonds. The molecule has 2 heterocycles. The highest BCUT2D eigenvalue weighted by Crippen LogP contribution is 2.20. The normalized spacial score (nSPS) is 19.2. The third-order valence-corrected chi connectivity index (χ3v) is 3.78. The van der Waals surface area contributed by atoms with Crippen LogP contribution < -0.4 is 10.2 Å². The third kappa shape index (κ3) is 3.35. The minimum Gasteiger partial charge on any atom is -0.370 e. The second-order valence-corrected chi connectivity index (χ2v) is 4.88. The summed E-state index contributed by atoms with van der Waals surface area (Å²) in [5, 5.41) is 3.24. The second kappa shape index (κ2) is 6.70. The topological polar surface area (TPSA) is 44.3 Å². The fraction of sp³-hybridized carbons (Fsp3) is 0.714.